The Morgan fingerprint density at radius 2 is 0.958 bits per heavy atom. The molecule has 4 aromatic rings. The molecule has 0 saturated carbocycles. The topological polar surface area (TPSA) is 0 Å². The van der Waals surface area contributed by atoms with Gasteiger partial charge in [-0.3, -0.25) is 0 Å². The molecular formula is C22H24Se2. The van der Waals surface area contributed by atoms with Gasteiger partial charge in [-0.05, 0) is 0 Å². The van der Waals surface area contributed by atoms with Crippen LogP contribution in [0.2, 0.25) is 0 Å². The predicted octanol–water partition coefficient (Wildman–Crippen LogP) is 5.86. The van der Waals surface area contributed by atoms with Crippen molar-refractivity contribution >= 4 is 56.8 Å². The molecule has 2 heteroatoms. The molecule has 0 N–H and O–H groups in total. The Balaban J connectivity index is 1.98. The van der Waals surface area contributed by atoms with Crippen molar-refractivity contribution in [3.63, 3.8) is 0 Å². The molecule has 0 spiro atoms. The molecule has 0 amide bonds. The van der Waals surface area contributed by atoms with E-state index in [1.165, 1.54) is 11.1 Å². The van der Waals surface area contributed by atoms with Gasteiger partial charge in [0.2, 0.25) is 0 Å². The van der Waals surface area contributed by atoms with Crippen LogP contribution < -0.4 is 0 Å². The van der Waals surface area contributed by atoms with Gasteiger partial charge in [-0.2, -0.15) is 0 Å². The Kier molecular flexibility index (Phi) is 3.72. The fraction of sp³-hybridized carbons (Fsp3) is 0.364. The first-order chi connectivity index (χ1) is 11.1. The van der Waals surface area contributed by atoms with Gasteiger partial charge in [0, 0.05) is 0 Å². The molecule has 0 aliphatic heterocycles. The fourth-order valence-electron chi connectivity index (χ4n) is 3.19. The van der Waals surface area contributed by atoms with Crippen LogP contribution in [0.3, 0.4) is 0 Å². The second-order valence-electron chi connectivity index (χ2n) is 8.78. The van der Waals surface area contributed by atoms with E-state index in [0.29, 0.717) is 29.0 Å². The van der Waals surface area contributed by atoms with Crippen LogP contribution in [0.15, 0.2) is 36.4 Å². The second kappa shape index (κ2) is 5.36. The summed E-state index contributed by atoms with van der Waals surface area (Å²) in [6.07, 6.45) is 0. The summed E-state index contributed by atoms with van der Waals surface area (Å²) in [5.41, 5.74) is 3.42. The first-order valence-corrected chi connectivity index (χ1v) is 12.0. The fourth-order valence-corrected chi connectivity index (χ4v) is 9.69. The third kappa shape index (κ3) is 2.65. The van der Waals surface area contributed by atoms with Gasteiger partial charge in [0.25, 0.3) is 0 Å². The normalized spacial score (nSPS) is 13.4. The summed E-state index contributed by atoms with van der Waals surface area (Å²) in [6, 6.07) is 14.5. The van der Waals surface area contributed by atoms with Gasteiger partial charge >= 0.3 is 157 Å². The molecule has 124 valence electrons. The summed E-state index contributed by atoms with van der Waals surface area (Å²) >= 11 is 0.949. The van der Waals surface area contributed by atoms with Crippen molar-refractivity contribution in [1.82, 2.24) is 0 Å². The van der Waals surface area contributed by atoms with Gasteiger partial charge in [0.05, 0.1) is 0 Å². The quantitative estimate of drug-likeness (QED) is 0.297. The van der Waals surface area contributed by atoms with Gasteiger partial charge in [0.1, 0.15) is 0 Å². The van der Waals surface area contributed by atoms with Gasteiger partial charge < -0.3 is 0 Å². The number of hydrogen-bond acceptors (Lipinski definition) is 0. The summed E-state index contributed by atoms with van der Waals surface area (Å²) in [7, 11) is 0. The van der Waals surface area contributed by atoms with E-state index in [4.69, 9.17) is 0 Å². The van der Waals surface area contributed by atoms with E-state index >= 15 is 0 Å². The van der Waals surface area contributed by atoms with Crippen molar-refractivity contribution in [2.75, 3.05) is 0 Å². The Morgan fingerprint density at radius 3 is 1.29 bits per heavy atom. The van der Waals surface area contributed by atoms with Crippen molar-refractivity contribution in [1.29, 1.82) is 0 Å². The zero-order valence-electron chi connectivity index (χ0n) is 15.3. The third-order valence-electron chi connectivity index (χ3n) is 4.81. The van der Waals surface area contributed by atoms with Gasteiger partial charge in [-0.15, -0.1) is 0 Å². The molecule has 2 aromatic carbocycles. The monoisotopic (exact) mass is 448 g/mol. The van der Waals surface area contributed by atoms with Crippen LogP contribution in [0.5, 0.6) is 0 Å². The van der Waals surface area contributed by atoms with Crippen LogP contribution in [0, 0.1) is 0 Å². The van der Waals surface area contributed by atoms with Crippen LogP contribution in [0.1, 0.15) is 52.7 Å². The van der Waals surface area contributed by atoms with Gasteiger partial charge in [-0.25, -0.2) is 0 Å². The first kappa shape index (κ1) is 16.7. The zero-order chi connectivity index (χ0) is 17.3. The molecule has 0 unspecified atom stereocenters. The first-order valence-electron chi connectivity index (χ1n) is 8.54. The predicted molar refractivity (Wildman–Crippen MR) is 110 cm³/mol. The van der Waals surface area contributed by atoms with E-state index < -0.39 is 0 Å². The Labute approximate surface area is 156 Å². The van der Waals surface area contributed by atoms with E-state index in [-0.39, 0.29) is 10.8 Å². The number of fused-ring (bicyclic) bond motifs is 5. The Bertz CT molecular complexity index is 975. The summed E-state index contributed by atoms with van der Waals surface area (Å²) in [5, 5.41) is 3.10. The van der Waals surface area contributed by atoms with Gasteiger partial charge in [0.15, 0.2) is 0 Å². The van der Waals surface area contributed by atoms with Crippen LogP contribution >= 0.6 is 0 Å². The molecule has 0 bridgehead atoms. The number of rotatable bonds is 0. The van der Waals surface area contributed by atoms with E-state index in [0.717, 1.165) is 0 Å². The summed E-state index contributed by atoms with van der Waals surface area (Å²) in [6.45, 7) is 13.9. The van der Waals surface area contributed by atoms with Crippen LogP contribution in [-0.2, 0) is 10.8 Å². The molecule has 0 atom stereocenters. The molecule has 2 heterocycles. The molecule has 0 saturated heterocycles. The maximum absolute atomic E-state index is 2.48. The molecule has 4 rings (SSSR count). The molecule has 0 radical (unpaired) electrons. The average molecular weight is 446 g/mol. The van der Waals surface area contributed by atoms with Crippen molar-refractivity contribution in [3.8, 4) is 0 Å². The Hall–Kier alpha value is -0.781. The molecule has 0 aliphatic carbocycles. The zero-order valence-corrected chi connectivity index (χ0v) is 18.7. The van der Waals surface area contributed by atoms with Crippen LogP contribution in [-0.4, -0.2) is 29.0 Å². The van der Waals surface area contributed by atoms with Crippen molar-refractivity contribution in [2.45, 2.75) is 52.4 Å². The van der Waals surface area contributed by atoms with Crippen molar-refractivity contribution in [3.05, 3.63) is 47.5 Å². The molecule has 0 fully saturated rings. The van der Waals surface area contributed by atoms with E-state index in [2.05, 4.69) is 77.9 Å². The molecule has 0 nitrogen and oxygen atoms in total. The third-order valence-corrected chi connectivity index (χ3v) is 10.4. The number of hydrogen-bond donors (Lipinski definition) is 0. The Morgan fingerprint density at radius 1 is 0.583 bits per heavy atom. The SMILES string of the molecule is CC(C)(C)c1ccc2c(c1)[se]c1c3ccc(C(C)(C)C)cc3[se]c21. The molecule has 2 aromatic heterocycles. The maximum atomic E-state index is 2.48. The molecule has 0 aliphatic rings. The molecule has 24 heavy (non-hydrogen) atoms. The minimum absolute atomic E-state index is 0.239. The van der Waals surface area contributed by atoms with Crippen molar-refractivity contribution in [2.24, 2.45) is 0 Å². The average Bonchev–Trinajstić information content (AvgIpc) is 2.99. The second-order valence-corrected chi connectivity index (χ2v) is 13.2. The van der Waals surface area contributed by atoms with Gasteiger partial charge in [-0.1, -0.05) is 0 Å². The van der Waals surface area contributed by atoms with E-state index in [9.17, 15) is 0 Å². The molecular weight excluding hydrogens is 422 g/mol. The summed E-state index contributed by atoms with van der Waals surface area (Å²) in [4.78, 5) is 0. The number of benzene rings is 2. The van der Waals surface area contributed by atoms with E-state index in [1.807, 2.05) is 0 Å². The van der Waals surface area contributed by atoms with Crippen molar-refractivity contribution < 1.29 is 0 Å². The van der Waals surface area contributed by atoms with Crippen LogP contribution in [0.4, 0.5) is 0 Å². The minimum atomic E-state index is 0.239. The van der Waals surface area contributed by atoms with E-state index in [1.54, 1.807) is 27.8 Å². The van der Waals surface area contributed by atoms with Crippen LogP contribution in [0.25, 0.3) is 27.8 Å². The standard InChI is InChI=1S/C22H24Se2/c1-21(2,3)13-7-9-15-17(11-13)23-20-16-10-8-14(22(4,5)6)12-18(16)24-19(15)20/h7-12H,1-6H3. The summed E-state index contributed by atoms with van der Waals surface area (Å²) < 4.78 is 6.54. The summed E-state index contributed by atoms with van der Waals surface area (Å²) in [5.74, 6) is 0.